The summed E-state index contributed by atoms with van der Waals surface area (Å²) in [5.41, 5.74) is 1.74. The number of amides is 1. The van der Waals surface area contributed by atoms with E-state index in [4.69, 9.17) is 4.74 Å². The van der Waals surface area contributed by atoms with Crippen LogP contribution < -0.4 is 10.1 Å². The lowest BCUT2D eigenvalue weighted by molar-refractivity contribution is -0.118. The normalized spacial score (nSPS) is 10.6. The molecular weight excluding hydrogens is 290 g/mol. The summed E-state index contributed by atoms with van der Waals surface area (Å²) < 4.78 is 5.70. The van der Waals surface area contributed by atoms with Crippen molar-refractivity contribution in [1.82, 2.24) is 5.32 Å². The fourth-order valence-corrected chi connectivity index (χ4v) is 2.51. The second-order valence-electron chi connectivity index (χ2n) is 5.66. The number of Topliss-reactive ketones (excluding diaryl/α,β-unsaturated/α-hetero) is 1. The fraction of sp³-hybridized carbons (Fsp3) is 0.368. The van der Waals surface area contributed by atoms with Crippen molar-refractivity contribution in [2.24, 2.45) is 0 Å². The zero-order chi connectivity index (χ0) is 16.8. The van der Waals surface area contributed by atoms with Crippen molar-refractivity contribution < 1.29 is 14.3 Å². The van der Waals surface area contributed by atoms with Crippen molar-refractivity contribution in [3.05, 3.63) is 41.5 Å². The first-order chi connectivity index (χ1) is 11.0. The number of rotatable bonds is 7. The van der Waals surface area contributed by atoms with Gasteiger partial charge in [-0.3, -0.25) is 9.59 Å². The van der Waals surface area contributed by atoms with Gasteiger partial charge in [0.1, 0.15) is 5.75 Å². The Morgan fingerprint density at radius 3 is 2.57 bits per heavy atom. The molecule has 4 heteroatoms. The lowest BCUT2D eigenvalue weighted by Gasteiger charge is -2.12. The molecule has 0 aliphatic rings. The van der Waals surface area contributed by atoms with Crippen molar-refractivity contribution >= 4 is 22.5 Å². The molecule has 122 valence electrons. The quantitative estimate of drug-likeness (QED) is 0.796. The summed E-state index contributed by atoms with van der Waals surface area (Å²) in [5.74, 6) is 0.818. The number of carbonyl (C=O) groups is 2. The van der Waals surface area contributed by atoms with Crippen molar-refractivity contribution in [2.75, 3.05) is 13.2 Å². The van der Waals surface area contributed by atoms with Gasteiger partial charge in [0.05, 0.1) is 6.61 Å². The van der Waals surface area contributed by atoms with E-state index in [9.17, 15) is 9.59 Å². The Labute approximate surface area is 136 Å². The second-order valence-corrected chi connectivity index (χ2v) is 5.66. The van der Waals surface area contributed by atoms with E-state index in [0.717, 1.165) is 28.5 Å². The molecule has 2 aromatic carbocycles. The molecule has 0 atom stereocenters. The molecule has 0 fully saturated rings. The van der Waals surface area contributed by atoms with Gasteiger partial charge in [0.25, 0.3) is 0 Å². The van der Waals surface area contributed by atoms with Crippen LogP contribution in [0.3, 0.4) is 0 Å². The molecule has 0 unspecified atom stereocenters. The maximum absolute atomic E-state index is 11.7. The predicted molar refractivity (Wildman–Crippen MR) is 92.1 cm³/mol. The lowest BCUT2D eigenvalue weighted by Crippen LogP contribution is -2.22. The Bertz CT molecular complexity index is 722. The molecule has 0 bridgehead atoms. The minimum absolute atomic E-state index is 0.0407. The van der Waals surface area contributed by atoms with E-state index in [-0.39, 0.29) is 11.7 Å². The van der Waals surface area contributed by atoms with Gasteiger partial charge in [-0.1, -0.05) is 13.0 Å². The average molecular weight is 313 g/mol. The topological polar surface area (TPSA) is 55.4 Å². The molecule has 4 nitrogen and oxygen atoms in total. The molecule has 2 rings (SSSR count). The van der Waals surface area contributed by atoms with Gasteiger partial charge in [0.2, 0.25) is 5.91 Å². The lowest BCUT2D eigenvalue weighted by atomic mass is 9.97. The van der Waals surface area contributed by atoms with Gasteiger partial charge in [-0.2, -0.15) is 0 Å². The Morgan fingerprint density at radius 1 is 1.13 bits per heavy atom. The van der Waals surface area contributed by atoms with E-state index in [1.54, 1.807) is 6.92 Å². The van der Waals surface area contributed by atoms with Crippen LogP contribution >= 0.6 is 0 Å². The first-order valence-electron chi connectivity index (χ1n) is 7.96. The Kier molecular flexibility index (Phi) is 5.74. The van der Waals surface area contributed by atoms with Crippen molar-refractivity contribution in [3.63, 3.8) is 0 Å². The van der Waals surface area contributed by atoms with Crippen LogP contribution in [0.1, 0.15) is 43.1 Å². The van der Waals surface area contributed by atoms with Crippen LogP contribution in [0.4, 0.5) is 0 Å². The molecule has 0 saturated carbocycles. The van der Waals surface area contributed by atoms with Crippen LogP contribution in [0.15, 0.2) is 30.3 Å². The molecular formula is C19H23NO3. The number of benzene rings is 2. The highest BCUT2D eigenvalue weighted by Crippen LogP contribution is 2.26. The molecule has 0 saturated heterocycles. The Morgan fingerprint density at radius 2 is 1.91 bits per heavy atom. The average Bonchev–Trinajstić information content (AvgIpc) is 2.52. The summed E-state index contributed by atoms with van der Waals surface area (Å²) in [6, 6.07) is 9.74. The number of hydrogen-bond acceptors (Lipinski definition) is 3. The summed E-state index contributed by atoms with van der Waals surface area (Å²) in [5, 5.41) is 4.88. The maximum Gasteiger partial charge on any atom is 0.216 e. The van der Waals surface area contributed by atoms with E-state index >= 15 is 0 Å². The molecule has 0 aliphatic carbocycles. The van der Waals surface area contributed by atoms with Gasteiger partial charge in [0.15, 0.2) is 5.78 Å². The molecule has 0 aliphatic heterocycles. The summed E-state index contributed by atoms with van der Waals surface area (Å²) >= 11 is 0. The van der Waals surface area contributed by atoms with Crippen molar-refractivity contribution in [3.8, 4) is 5.75 Å². The summed E-state index contributed by atoms with van der Waals surface area (Å²) in [4.78, 5) is 22.8. The highest BCUT2D eigenvalue weighted by Gasteiger charge is 2.09. The molecule has 2 aromatic rings. The van der Waals surface area contributed by atoms with Gasteiger partial charge in [-0.25, -0.2) is 0 Å². The SMILES string of the molecule is CCCOc1ccc2cc(C(C)=O)cc(CCNC(C)=O)c2c1. The van der Waals surface area contributed by atoms with E-state index in [1.807, 2.05) is 30.3 Å². The molecule has 0 aromatic heterocycles. The number of fused-ring (bicyclic) bond motifs is 1. The summed E-state index contributed by atoms with van der Waals surface area (Å²) in [7, 11) is 0. The largest absolute Gasteiger partial charge is 0.494 e. The third kappa shape index (κ3) is 4.55. The van der Waals surface area contributed by atoms with Gasteiger partial charge < -0.3 is 10.1 Å². The van der Waals surface area contributed by atoms with Gasteiger partial charge in [-0.15, -0.1) is 0 Å². The standard InChI is InChI=1S/C19H23NO3/c1-4-9-23-18-6-5-15-10-17(13(2)21)11-16(19(15)12-18)7-8-20-14(3)22/h5-6,10-12H,4,7-9H2,1-3H3,(H,20,22). The van der Waals surface area contributed by atoms with Crippen LogP contribution in [0.5, 0.6) is 5.75 Å². The number of ether oxygens (including phenoxy) is 1. The molecule has 0 radical (unpaired) electrons. The number of nitrogens with one attached hydrogen (secondary N) is 1. The first kappa shape index (κ1) is 17.0. The van der Waals surface area contributed by atoms with Crippen LogP contribution in [-0.2, 0) is 11.2 Å². The monoisotopic (exact) mass is 313 g/mol. The first-order valence-corrected chi connectivity index (χ1v) is 7.96. The fourth-order valence-electron chi connectivity index (χ4n) is 2.51. The Hall–Kier alpha value is -2.36. The van der Waals surface area contributed by atoms with E-state index < -0.39 is 0 Å². The molecule has 1 amide bonds. The smallest absolute Gasteiger partial charge is 0.216 e. The van der Waals surface area contributed by atoms with Gasteiger partial charge in [-0.05, 0) is 60.4 Å². The highest BCUT2D eigenvalue weighted by molar-refractivity contribution is 6.00. The molecule has 0 heterocycles. The predicted octanol–water partition coefficient (Wildman–Crippen LogP) is 3.51. The molecule has 23 heavy (non-hydrogen) atoms. The van der Waals surface area contributed by atoms with Crippen LogP contribution in [0.2, 0.25) is 0 Å². The Balaban J connectivity index is 2.40. The van der Waals surface area contributed by atoms with E-state index in [1.165, 1.54) is 6.92 Å². The van der Waals surface area contributed by atoms with E-state index in [2.05, 4.69) is 12.2 Å². The summed E-state index contributed by atoms with van der Waals surface area (Å²) in [6.45, 7) is 6.36. The molecule has 1 N–H and O–H groups in total. The minimum atomic E-state index is -0.0519. The number of ketones is 1. The van der Waals surface area contributed by atoms with Crippen LogP contribution in [-0.4, -0.2) is 24.8 Å². The zero-order valence-electron chi connectivity index (χ0n) is 13.9. The number of hydrogen-bond donors (Lipinski definition) is 1. The van der Waals surface area contributed by atoms with Crippen molar-refractivity contribution in [2.45, 2.75) is 33.6 Å². The molecule has 0 spiro atoms. The highest BCUT2D eigenvalue weighted by atomic mass is 16.5. The van der Waals surface area contributed by atoms with Gasteiger partial charge >= 0.3 is 0 Å². The van der Waals surface area contributed by atoms with Gasteiger partial charge in [0, 0.05) is 19.0 Å². The summed E-state index contributed by atoms with van der Waals surface area (Å²) in [6.07, 6.45) is 1.63. The van der Waals surface area contributed by atoms with Crippen molar-refractivity contribution in [1.29, 1.82) is 0 Å². The van der Waals surface area contributed by atoms with Crippen LogP contribution in [0.25, 0.3) is 10.8 Å². The minimum Gasteiger partial charge on any atom is -0.494 e. The van der Waals surface area contributed by atoms with Crippen LogP contribution in [0, 0.1) is 0 Å². The third-order valence-electron chi connectivity index (χ3n) is 3.66. The third-order valence-corrected chi connectivity index (χ3v) is 3.66. The number of carbonyl (C=O) groups excluding carboxylic acids is 2. The maximum atomic E-state index is 11.7. The van der Waals surface area contributed by atoms with E-state index in [0.29, 0.717) is 25.1 Å². The zero-order valence-corrected chi connectivity index (χ0v) is 13.9. The second kappa shape index (κ2) is 7.77.